The summed E-state index contributed by atoms with van der Waals surface area (Å²) >= 11 is 0. The molecular weight excluding hydrogens is 232 g/mol. The van der Waals surface area contributed by atoms with Gasteiger partial charge in [-0.15, -0.1) is 0 Å². The van der Waals surface area contributed by atoms with Crippen molar-refractivity contribution in [2.45, 2.75) is 38.4 Å². The molecule has 1 unspecified atom stereocenters. The van der Waals surface area contributed by atoms with Crippen LogP contribution in [0.25, 0.3) is 0 Å². The lowest BCUT2D eigenvalue weighted by Crippen LogP contribution is -2.50. The normalized spacial score (nSPS) is 24.9. The topological polar surface area (TPSA) is 84.4 Å². The van der Waals surface area contributed by atoms with E-state index in [-0.39, 0.29) is 0 Å². The highest BCUT2D eigenvalue weighted by atomic mass is 16.4. The number of rotatable bonds is 4. The zero-order valence-corrected chi connectivity index (χ0v) is 10.8. The number of hydrogen-bond acceptors (Lipinski definition) is 4. The predicted molar refractivity (Wildman–Crippen MR) is 67.1 cm³/mol. The van der Waals surface area contributed by atoms with E-state index >= 15 is 0 Å². The lowest BCUT2D eigenvalue weighted by Gasteiger charge is -2.19. The summed E-state index contributed by atoms with van der Waals surface area (Å²) in [5, 5.41) is 13.3. The highest BCUT2D eigenvalue weighted by Gasteiger charge is 2.41. The first-order valence-electron chi connectivity index (χ1n) is 6.18. The van der Waals surface area contributed by atoms with Gasteiger partial charge in [0, 0.05) is 37.4 Å². The Balaban J connectivity index is 1.97. The molecule has 1 aliphatic rings. The quantitative estimate of drug-likeness (QED) is 0.813. The van der Waals surface area contributed by atoms with E-state index in [0.717, 1.165) is 12.1 Å². The number of nitrogens with zero attached hydrogens (tertiary/aromatic N) is 3. The molecule has 0 saturated carbocycles. The molecule has 6 nitrogen and oxygen atoms in total. The van der Waals surface area contributed by atoms with Crippen LogP contribution in [0.4, 0.5) is 0 Å². The molecule has 1 aliphatic heterocycles. The Hall–Kier alpha value is -1.40. The van der Waals surface area contributed by atoms with Gasteiger partial charge >= 0.3 is 5.97 Å². The van der Waals surface area contributed by atoms with Gasteiger partial charge in [0.15, 0.2) is 0 Å². The van der Waals surface area contributed by atoms with Gasteiger partial charge in [-0.25, -0.2) is 0 Å². The van der Waals surface area contributed by atoms with E-state index in [0.29, 0.717) is 25.6 Å². The SMILES string of the molecule is CC(C)n1cc(CN2CCC(N)(C(=O)O)C2)cn1. The number of carboxylic acid groups (broad SMARTS) is 1. The Morgan fingerprint density at radius 3 is 2.89 bits per heavy atom. The molecule has 3 N–H and O–H groups in total. The molecule has 1 atom stereocenters. The molecular formula is C12H20N4O2. The summed E-state index contributed by atoms with van der Waals surface area (Å²) < 4.78 is 1.90. The highest BCUT2D eigenvalue weighted by Crippen LogP contribution is 2.21. The van der Waals surface area contributed by atoms with Crippen LogP contribution in [0.3, 0.4) is 0 Å². The number of aromatic nitrogens is 2. The van der Waals surface area contributed by atoms with Gasteiger partial charge in [0.2, 0.25) is 0 Å². The van der Waals surface area contributed by atoms with Crippen LogP contribution in [0.15, 0.2) is 12.4 Å². The fourth-order valence-corrected chi connectivity index (χ4v) is 2.22. The van der Waals surface area contributed by atoms with Crippen LogP contribution in [0.2, 0.25) is 0 Å². The lowest BCUT2D eigenvalue weighted by molar-refractivity contribution is -0.142. The van der Waals surface area contributed by atoms with Crippen molar-refractivity contribution >= 4 is 5.97 Å². The molecule has 1 aromatic heterocycles. The molecule has 0 aromatic carbocycles. The zero-order chi connectivity index (χ0) is 13.3. The van der Waals surface area contributed by atoms with Gasteiger partial charge in [-0.05, 0) is 20.3 Å². The van der Waals surface area contributed by atoms with E-state index in [1.165, 1.54) is 0 Å². The smallest absolute Gasteiger partial charge is 0.325 e. The molecule has 100 valence electrons. The van der Waals surface area contributed by atoms with Gasteiger partial charge in [0.1, 0.15) is 5.54 Å². The number of carboxylic acids is 1. The van der Waals surface area contributed by atoms with Gasteiger partial charge in [0.05, 0.1) is 6.20 Å². The molecule has 0 amide bonds. The van der Waals surface area contributed by atoms with Gasteiger partial charge in [-0.3, -0.25) is 14.4 Å². The average molecular weight is 252 g/mol. The largest absolute Gasteiger partial charge is 0.480 e. The van der Waals surface area contributed by atoms with Crippen molar-refractivity contribution in [1.82, 2.24) is 14.7 Å². The third-order valence-corrected chi connectivity index (χ3v) is 3.40. The molecule has 2 heterocycles. The van der Waals surface area contributed by atoms with Crippen molar-refractivity contribution in [1.29, 1.82) is 0 Å². The lowest BCUT2D eigenvalue weighted by atomic mass is 10.0. The molecule has 2 rings (SSSR count). The van der Waals surface area contributed by atoms with Crippen LogP contribution in [0.1, 0.15) is 31.9 Å². The third kappa shape index (κ3) is 2.54. The molecule has 6 heteroatoms. The molecule has 0 radical (unpaired) electrons. The number of aliphatic carboxylic acids is 1. The molecule has 1 fully saturated rings. The summed E-state index contributed by atoms with van der Waals surface area (Å²) in [7, 11) is 0. The molecule has 0 spiro atoms. The number of carbonyl (C=O) groups is 1. The van der Waals surface area contributed by atoms with E-state index < -0.39 is 11.5 Å². The van der Waals surface area contributed by atoms with Crippen LogP contribution >= 0.6 is 0 Å². The van der Waals surface area contributed by atoms with Crippen LogP contribution in [-0.2, 0) is 11.3 Å². The van der Waals surface area contributed by atoms with Crippen molar-refractivity contribution in [3.05, 3.63) is 18.0 Å². The molecule has 0 aliphatic carbocycles. The van der Waals surface area contributed by atoms with Gasteiger partial charge in [0.25, 0.3) is 0 Å². The molecule has 0 bridgehead atoms. The highest BCUT2D eigenvalue weighted by molar-refractivity contribution is 5.79. The second kappa shape index (κ2) is 4.70. The van der Waals surface area contributed by atoms with Gasteiger partial charge in [-0.1, -0.05) is 0 Å². The minimum Gasteiger partial charge on any atom is -0.480 e. The summed E-state index contributed by atoms with van der Waals surface area (Å²) in [5.74, 6) is -0.914. The van der Waals surface area contributed by atoms with Crippen molar-refractivity contribution in [3.8, 4) is 0 Å². The Morgan fingerprint density at radius 2 is 2.39 bits per heavy atom. The van der Waals surface area contributed by atoms with Crippen molar-refractivity contribution in [2.24, 2.45) is 5.73 Å². The second-order valence-corrected chi connectivity index (χ2v) is 5.34. The number of hydrogen-bond donors (Lipinski definition) is 2. The van der Waals surface area contributed by atoms with E-state index in [4.69, 9.17) is 10.8 Å². The molecule has 1 saturated heterocycles. The predicted octanol–water partition coefficient (Wildman–Crippen LogP) is 0.452. The van der Waals surface area contributed by atoms with Crippen LogP contribution in [-0.4, -0.2) is 44.4 Å². The van der Waals surface area contributed by atoms with Gasteiger partial charge in [-0.2, -0.15) is 5.10 Å². The Labute approximate surface area is 106 Å². The maximum Gasteiger partial charge on any atom is 0.325 e. The third-order valence-electron chi connectivity index (χ3n) is 3.40. The van der Waals surface area contributed by atoms with E-state index in [9.17, 15) is 4.79 Å². The van der Waals surface area contributed by atoms with Crippen LogP contribution < -0.4 is 5.73 Å². The first-order valence-corrected chi connectivity index (χ1v) is 6.18. The van der Waals surface area contributed by atoms with Crippen molar-refractivity contribution in [2.75, 3.05) is 13.1 Å². The molecule has 1 aromatic rings. The molecule has 18 heavy (non-hydrogen) atoms. The minimum absolute atomic E-state index is 0.338. The summed E-state index contributed by atoms with van der Waals surface area (Å²) in [6.45, 7) is 5.97. The first-order chi connectivity index (χ1) is 8.40. The van der Waals surface area contributed by atoms with Crippen molar-refractivity contribution < 1.29 is 9.90 Å². The number of likely N-dealkylation sites (tertiary alicyclic amines) is 1. The van der Waals surface area contributed by atoms with E-state index in [2.05, 4.69) is 23.8 Å². The average Bonchev–Trinajstić information content (AvgIpc) is 2.87. The minimum atomic E-state index is -1.09. The van der Waals surface area contributed by atoms with Gasteiger partial charge < -0.3 is 10.8 Å². The number of nitrogens with two attached hydrogens (primary N) is 1. The summed E-state index contributed by atoms with van der Waals surface area (Å²) in [6, 6.07) is 0.338. The summed E-state index contributed by atoms with van der Waals surface area (Å²) in [4.78, 5) is 13.1. The maximum absolute atomic E-state index is 11.0. The fraction of sp³-hybridized carbons (Fsp3) is 0.667. The second-order valence-electron chi connectivity index (χ2n) is 5.34. The zero-order valence-electron chi connectivity index (χ0n) is 10.8. The summed E-state index contributed by atoms with van der Waals surface area (Å²) in [5.41, 5.74) is 5.84. The summed E-state index contributed by atoms with van der Waals surface area (Å²) in [6.07, 6.45) is 4.33. The van der Waals surface area contributed by atoms with Crippen LogP contribution in [0.5, 0.6) is 0 Å². The Kier molecular flexibility index (Phi) is 3.41. The van der Waals surface area contributed by atoms with Crippen molar-refractivity contribution in [3.63, 3.8) is 0 Å². The van der Waals surface area contributed by atoms with Crippen LogP contribution in [0, 0.1) is 0 Å². The monoisotopic (exact) mass is 252 g/mol. The van der Waals surface area contributed by atoms with E-state index in [1.54, 1.807) is 0 Å². The van der Waals surface area contributed by atoms with E-state index in [1.807, 2.05) is 17.1 Å². The maximum atomic E-state index is 11.0. The Bertz CT molecular complexity index is 443. The standard InChI is InChI=1S/C12H20N4O2/c1-9(2)16-7-10(5-14-16)6-15-4-3-12(13,8-15)11(17)18/h5,7,9H,3-4,6,8,13H2,1-2H3,(H,17,18). The first kappa shape index (κ1) is 13.0. The Morgan fingerprint density at radius 1 is 1.67 bits per heavy atom. The fourth-order valence-electron chi connectivity index (χ4n) is 2.22.